The smallest absolute Gasteiger partial charge is 0.339 e. The van der Waals surface area contributed by atoms with Gasteiger partial charge in [0, 0.05) is 22.1 Å². The molecule has 1 heterocycles. The summed E-state index contributed by atoms with van der Waals surface area (Å²) in [5.41, 5.74) is 3.75. The number of nitrogens with zero attached hydrogens (tertiary/aromatic N) is 1. The fraction of sp³-hybridized carbons (Fsp3) is 0.148. The Morgan fingerprint density at radius 2 is 1.64 bits per heavy atom. The molecule has 0 atom stereocenters. The van der Waals surface area contributed by atoms with Gasteiger partial charge in [-0.25, -0.2) is 9.78 Å². The number of carbonyl (C=O) groups excluding carboxylic acids is 2. The molecule has 0 aliphatic rings. The maximum Gasteiger partial charge on any atom is 0.339 e. The van der Waals surface area contributed by atoms with Crippen LogP contribution in [0.25, 0.3) is 22.2 Å². The number of fused-ring (bicyclic) bond motifs is 1. The molecule has 6 heteroatoms. The van der Waals surface area contributed by atoms with Gasteiger partial charge in [0.2, 0.25) is 0 Å². The van der Waals surface area contributed by atoms with Gasteiger partial charge >= 0.3 is 5.97 Å². The molecule has 0 bridgehead atoms. The number of aromatic nitrogens is 1. The maximum absolute atomic E-state index is 13.2. The molecule has 0 N–H and O–H groups in total. The van der Waals surface area contributed by atoms with Crippen molar-refractivity contribution < 1.29 is 23.8 Å². The fourth-order valence-corrected chi connectivity index (χ4v) is 3.59. The molecular weight excluding hydrogens is 418 g/mol. The summed E-state index contributed by atoms with van der Waals surface area (Å²) >= 11 is 0. The number of ketones is 1. The minimum atomic E-state index is -0.487. The Morgan fingerprint density at radius 3 is 2.33 bits per heavy atom. The van der Waals surface area contributed by atoms with Crippen molar-refractivity contribution in [1.29, 1.82) is 0 Å². The molecule has 0 spiro atoms. The Morgan fingerprint density at radius 1 is 0.879 bits per heavy atom. The maximum atomic E-state index is 13.2. The standard InChI is InChI=1S/C27H23NO5/c1-17(29)19-10-13-26(32-3)20(14-19)16-33-27(30)23-15-25(18-8-11-21(31-2)12-9-18)28-24-7-5-4-6-22(23)24/h4-15H,16H2,1-3H3. The molecule has 0 fully saturated rings. The van der Waals surface area contributed by atoms with Crippen LogP contribution in [0.4, 0.5) is 0 Å². The normalized spacial score (nSPS) is 10.6. The number of rotatable bonds is 7. The SMILES string of the molecule is COc1ccc(-c2cc(C(=O)OCc3cc(C(C)=O)ccc3OC)c3ccccc3n2)cc1. The van der Waals surface area contributed by atoms with Crippen LogP contribution in [0, 0.1) is 0 Å². The van der Waals surface area contributed by atoms with E-state index in [9.17, 15) is 9.59 Å². The second-order valence-electron chi connectivity index (χ2n) is 7.46. The summed E-state index contributed by atoms with van der Waals surface area (Å²) < 4.78 is 16.2. The third-order valence-electron chi connectivity index (χ3n) is 5.37. The third-order valence-corrected chi connectivity index (χ3v) is 5.37. The zero-order chi connectivity index (χ0) is 23.4. The summed E-state index contributed by atoms with van der Waals surface area (Å²) in [6, 6.07) is 21.7. The largest absolute Gasteiger partial charge is 0.497 e. The third kappa shape index (κ3) is 4.70. The zero-order valence-electron chi connectivity index (χ0n) is 18.6. The van der Waals surface area contributed by atoms with Crippen molar-refractivity contribution in [3.05, 3.63) is 89.5 Å². The first-order valence-corrected chi connectivity index (χ1v) is 10.4. The molecule has 166 valence electrons. The number of hydrogen-bond donors (Lipinski definition) is 0. The van der Waals surface area contributed by atoms with E-state index in [1.54, 1.807) is 31.4 Å². The van der Waals surface area contributed by atoms with Crippen molar-refractivity contribution in [3.8, 4) is 22.8 Å². The molecule has 3 aromatic carbocycles. The van der Waals surface area contributed by atoms with E-state index >= 15 is 0 Å². The number of ether oxygens (including phenoxy) is 3. The molecule has 0 saturated heterocycles. The van der Waals surface area contributed by atoms with Gasteiger partial charge in [-0.1, -0.05) is 18.2 Å². The van der Waals surface area contributed by atoms with E-state index in [1.165, 1.54) is 14.0 Å². The summed E-state index contributed by atoms with van der Waals surface area (Å²) in [4.78, 5) is 29.6. The monoisotopic (exact) mass is 441 g/mol. The average Bonchev–Trinajstić information content (AvgIpc) is 2.86. The Balaban J connectivity index is 1.68. The van der Waals surface area contributed by atoms with E-state index in [4.69, 9.17) is 19.2 Å². The quantitative estimate of drug-likeness (QED) is 0.279. The lowest BCUT2D eigenvalue weighted by molar-refractivity contribution is 0.0472. The minimum absolute atomic E-state index is 0.0301. The highest BCUT2D eigenvalue weighted by molar-refractivity contribution is 6.04. The van der Waals surface area contributed by atoms with Crippen LogP contribution in [-0.4, -0.2) is 31.0 Å². The van der Waals surface area contributed by atoms with Gasteiger partial charge in [0.15, 0.2) is 5.78 Å². The highest BCUT2D eigenvalue weighted by atomic mass is 16.5. The lowest BCUT2D eigenvalue weighted by Crippen LogP contribution is -2.08. The topological polar surface area (TPSA) is 74.7 Å². The minimum Gasteiger partial charge on any atom is -0.497 e. The van der Waals surface area contributed by atoms with Gasteiger partial charge in [-0.3, -0.25) is 4.79 Å². The van der Waals surface area contributed by atoms with Gasteiger partial charge in [-0.2, -0.15) is 0 Å². The number of esters is 1. The van der Waals surface area contributed by atoms with Gasteiger partial charge in [-0.15, -0.1) is 0 Å². The number of benzene rings is 3. The van der Waals surface area contributed by atoms with Gasteiger partial charge < -0.3 is 14.2 Å². The predicted octanol–water partition coefficient (Wildman–Crippen LogP) is 5.48. The lowest BCUT2D eigenvalue weighted by atomic mass is 10.0. The molecule has 6 nitrogen and oxygen atoms in total. The Bertz CT molecular complexity index is 1330. The van der Waals surface area contributed by atoms with Crippen LogP contribution in [0.15, 0.2) is 72.8 Å². The first-order chi connectivity index (χ1) is 16.0. The fourth-order valence-electron chi connectivity index (χ4n) is 3.59. The average molecular weight is 441 g/mol. The number of hydrogen-bond acceptors (Lipinski definition) is 6. The number of pyridine rings is 1. The molecule has 0 amide bonds. The number of para-hydroxylation sites is 1. The van der Waals surface area contributed by atoms with E-state index in [0.717, 1.165) is 11.3 Å². The molecule has 0 aliphatic heterocycles. The summed E-state index contributed by atoms with van der Waals surface area (Å²) in [7, 11) is 3.14. The summed E-state index contributed by atoms with van der Waals surface area (Å²) in [6.07, 6.45) is 0. The van der Waals surface area contributed by atoms with Crippen molar-refractivity contribution in [1.82, 2.24) is 4.98 Å². The highest BCUT2D eigenvalue weighted by Gasteiger charge is 2.17. The first kappa shape index (κ1) is 22.0. The van der Waals surface area contributed by atoms with Gasteiger partial charge in [0.1, 0.15) is 18.1 Å². The summed E-state index contributed by atoms with van der Waals surface area (Å²) in [6.45, 7) is 1.46. The van der Waals surface area contributed by atoms with Crippen molar-refractivity contribution in [2.75, 3.05) is 14.2 Å². The molecule has 0 aliphatic carbocycles. The van der Waals surface area contributed by atoms with Gasteiger partial charge in [-0.05, 0) is 61.5 Å². The second-order valence-corrected chi connectivity index (χ2v) is 7.46. The van der Waals surface area contributed by atoms with Crippen molar-refractivity contribution >= 4 is 22.7 Å². The second kappa shape index (κ2) is 9.53. The van der Waals surface area contributed by atoms with Crippen molar-refractivity contribution in [2.45, 2.75) is 13.5 Å². The number of methoxy groups -OCH3 is 2. The highest BCUT2D eigenvalue weighted by Crippen LogP contribution is 2.28. The Labute approximate surface area is 191 Å². The molecule has 0 unspecified atom stereocenters. The summed E-state index contributed by atoms with van der Waals surface area (Å²) in [5, 5.41) is 0.698. The van der Waals surface area contributed by atoms with Gasteiger partial charge in [0.05, 0.1) is 31.0 Å². The number of Topliss-reactive ketones (excluding diaryl/α,β-unsaturated/α-hetero) is 1. The lowest BCUT2D eigenvalue weighted by Gasteiger charge is -2.13. The van der Waals surface area contributed by atoms with E-state index in [-0.39, 0.29) is 12.4 Å². The molecule has 1 aromatic heterocycles. The van der Waals surface area contributed by atoms with Crippen LogP contribution in [0.5, 0.6) is 11.5 Å². The van der Waals surface area contributed by atoms with E-state index in [0.29, 0.717) is 39.0 Å². The van der Waals surface area contributed by atoms with Crippen LogP contribution in [0.2, 0.25) is 0 Å². The first-order valence-electron chi connectivity index (χ1n) is 10.4. The Hall–Kier alpha value is -4.19. The van der Waals surface area contributed by atoms with Crippen molar-refractivity contribution in [3.63, 3.8) is 0 Å². The molecule has 4 aromatic rings. The molecule has 0 saturated carbocycles. The van der Waals surface area contributed by atoms with Crippen LogP contribution in [-0.2, 0) is 11.3 Å². The van der Waals surface area contributed by atoms with Crippen LogP contribution < -0.4 is 9.47 Å². The van der Waals surface area contributed by atoms with E-state index in [1.807, 2.05) is 48.5 Å². The molecule has 0 radical (unpaired) electrons. The predicted molar refractivity (Wildman–Crippen MR) is 126 cm³/mol. The molecule has 4 rings (SSSR count). The van der Waals surface area contributed by atoms with Crippen LogP contribution in [0.1, 0.15) is 33.2 Å². The number of carbonyl (C=O) groups is 2. The molecule has 33 heavy (non-hydrogen) atoms. The van der Waals surface area contributed by atoms with Crippen molar-refractivity contribution in [2.24, 2.45) is 0 Å². The van der Waals surface area contributed by atoms with E-state index < -0.39 is 5.97 Å². The van der Waals surface area contributed by atoms with E-state index in [2.05, 4.69) is 0 Å². The zero-order valence-corrected chi connectivity index (χ0v) is 18.6. The summed E-state index contributed by atoms with van der Waals surface area (Å²) in [5.74, 6) is 0.723. The van der Waals surface area contributed by atoms with Gasteiger partial charge in [0.25, 0.3) is 0 Å². The van der Waals surface area contributed by atoms with Crippen LogP contribution in [0.3, 0.4) is 0 Å². The van der Waals surface area contributed by atoms with Crippen LogP contribution >= 0.6 is 0 Å². The Kier molecular flexibility index (Phi) is 6.36. The molecular formula is C27H23NO5.